The molecule has 196 valence electrons. The first-order valence-electron chi connectivity index (χ1n) is 10.8. The SMILES string of the molecule is COC(=O)c1ccc(CN2C(=O)N/C(=C\c3cc(Cl)cc(Br)c3OCC(=O)Nc3ccc(Cl)cc3)C2=O)o1. The summed E-state index contributed by atoms with van der Waals surface area (Å²) in [5.41, 5.74) is 0.814. The van der Waals surface area contributed by atoms with Crippen LogP contribution in [0.15, 0.2) is 63.1 Å². The lowest BCUT2D eigenvalue weighted by molar-refractivity contribution is -0.123. The smallest absolute Gasteiger partial charge is 0.373 e. The predicted molar refractivity (Wildman–Crippen MR) is 142 cm³/mol. The minimum atomic E-state index is -0.692. The number of esters is 1. The quantitative estimate of drug-likeness (QED) is 0.200. The Hall–Kier alpha value is -3.80. The molecule has 1 aromatic heterocycles. The highest BCUT2D eigenvalue weighted by molar-refractivity contribution is 9.10. The van der Waals surface area contributed by atoms with Gasteiger partial charge in [-0.25, -0.2) is 9.59 Å². The van der Waals surface area contributed by atoms with Gasteiger partial charge in [-0.3, -0.25) is 14.5 Å². The van der Waals surface area contributed by atoms with Gasteiger partial charge in [0.1, 0.15) is 17.2 Å². The second-order valence-corrected chi connectivity index (χ2v) is 9.51. The fourth-order valence-corrected chi connectivity index (χ4v) is 4.48. The maximum atomic E-state index is 13.0. The van der Waals surface area contributed by atoms with Crippen LogP contribution in [0.25, 0.3) is 6.08 Å². The fraction of sp³-hybridized carbons (Fsp3) is 0.120. The molecule has 1 aliphatic heterocycles. The third kappa shape index (κ3) is 6.36. The standard InChI is InChI=1S/C25H18BrCl2N3O7/c1-36-24(34)20-7-6-17(38-20)11-31-23(33)19(30-25(31)35)9-13-8-15(28)10-18(26)22(13)37-12-21(32)29-16-4-2-14(27)3-5-16/h2-10H,11-12H2,1H3,(H,29,32)(H,30,35)/b19-9-. The van der Waals surface area contributed by atoms with Crippen molar-refractivity contribution in [3.63, 3.8) is 0 Å². The van der Waals surface area contributed by atoms with Crippen molar-refractivity contribution in [3.8, 4) is 5.75 Å². The number of carbonyl (C=O) groups excluding carboxylic acids is 4. The highest BCUT2D eigenvalue weighted by atomic mass is 79.9. The van der Waals surface area contributed by atoms with Gasteiger partial charge in [-0.1, -0.05) is 23.2 Å². The molecule has 2 aromatic carbocycles. The lowest BCUT2D eigenvalue weighted by Crippen LogP contribution is -2.30. The summed E-state index contributed by atoms with van der Waals surface area (Å²) in [4.78, 5) is 50.4. The first kappa shape index (κ1) is 27.2. The van der Waals surface area contributed by atoms with E-state index in [-0.39, 0.29) is 36.1 Å². The molecule has 38 heavy (non-hydrogen) atoms. The molecule has 1 aliphatic rings. The zero-order chi connectivity index (χ0) is 27.4. The lowest BCUT2D eigenvalue weighted by Gasteiger charge is -2.13. The molecule has 0 bridgehead atoms. The number of carbonyl (C=O) groups is 4. The van der Waals surface area contributed by atoms with E-state index in [4.69, 9.17) is 32.4 Å². The van der Waals surface area contributed by atoms with E-state index in [0.717, 1.165) is 4.90 Å². The van der Waals surface area contributed by atoms with Crippen LogP contribution >= 0.6 is 39.1 Å². The molecule has 4 rings (SSSR count). The molecule has 2 N–H and O–H groups in total. The van der Waals surface area contributed by atoms with E-state index >= 15 is 0 Å². The topological polar surface area (TPSA) is 127 Å². The van der Waals surface area contributed by atoms with Gasteiger partial charge < -0.3 is 24.5 Å². The van der Waals surface area contributed by atoms with Crippen molar-refractivity contribution in [1.29, 1.82) is 0 Å². The van der Waals surface area contributed by atoms with Crippen LogP contribution in [0.4, 0.5) is 10.5 Å². The Morgan fingerprint density at radius 2 is 1.84 bits per heavy atom. The van der Waals surface area contributed by atoms with E-state index in [1.807, 2.05) is 0 Å². The average Bonchev–Trinajstić information content (AvgIpc) is 3.45. The second-order valence-electron chi connectivity index (χ2n) is 7.79. The van der Waals surface area contributed by atoms with Crippen LogP contribution in [0, 0.1) is 0 Å². The summed E-state index contributed by atoms with van der Waals surface area (Å²) in [5, 5.41) is 6.03. The number of anilines is 1. The van der Waals surface area contributed by atoms with Crippen molar-refractivity contribution >= 4 is 74.7 Å². The number of rotatable bonds is 8. The highest BCUT2D eigenvalue weighted by Crippen LogP contribution is 2.35. The zero-order valence-corrected chi connectivity index (χ0v) is 22.6. The van der Waals surface area contributed by atoms with Crippen LogP contribution in [0.1, 0.15) is 21.9 Å². The van der Waals surface area contributed by atoms with Gasteiger partial charge in [0, 0.05) is 21.3 Å². The Kier molecular flexibility index (Phi) is 8.40. The second kappa shape index (κ2) is 11.7. The van der Waals surface area contributed by atoms with E-state index in [1.165, 1.54) is 31.4 Å². The van der Waals surface area contributed by atoms with Crippen molar-refractivity contribution < 1.29 is 33.1 Å². The fourth-order valence-electron chi connectivity index (χ4n) is 3.41. The molecule has 0 spiro atoms. The third-order valence-electron chi connectivity index (χ3n) is 5.14. The number of amides is 4. The minimum Gasteiger partial charge on any atom is -0.482 e. The van der Waals surface area contributed by atoms with E-state index in [1.54, 1.807) is 30.3 Å². The number of ether oxygens (including phenoxy) is 2. The Morgan fingerprint density at radius 3 is 2.55 bits per heavy atom. The Labute approximate surface area is 234 Å². The largest absolute Gasteiger partial charge is 0.482 e. The van der Waals surface area contributed by atoms with Gasteiger partial charge in [0.05, 0.1) is 18.1 Å². The van der Waals surface area contributed by atoms with Gasteiger partial charge >= 0.3 is 12.0 Å². The maximum Gasteiger partial charge on any atom is 0.373 e. The van der Waals surface area contributed by atoms with Crippen molar-refractivity contribution in [2.24, 2.45) is 0 Å². The van der Waals surface area contributed by atoms with E-state index in [2.05, 4.69) is 31.3 Å². The number of hydrogen-bond acceptors (Lipinski definition) is 7. The van der Waals surface area contributed by atoms with Crippen molar-refractivity contribution in [2.45, 2.75) is 6.54 Å². The molecule has 0 aliphatic carbocycles. The number of furan rings is 1. The zero-order valence-electron chi connectivity index (χ0n) is 19.5. The molecule has 0 unspecified atom stereocenters. The van der Waals surface area contributed by atoms with Crippen LogP contribution in [0.2, 0.25) is 10.0 Å². The van der Waals surface area contributed by atoms with E-state index < -0.39 is 23.8 Å². The Morgan fingerprint density at radius 1 is 1.11 bits per heavy atom. The van der Waals surface area contributed by atoms with Crippen LogP contribution in [0.5, 0.6) is 5.75 Å². The van der Waals surface area contributed by atoms with Crippen LogP contribution in [-0.4, -0.2) is 42.4 Å². The molecule has 0 saturated carbocycles. The monoisotopic (exact) mass is 621 g/mol. The van der Waals surface area contributed by atoms with Gasteiger partial charge in [-0.15, -0.1) is 0 Å². The van der Waals surface area contributed by atoms with Crippen LogP contribution in [0.3, 0.4) is 0 Å². The summed E-state index contributed by atoms with van der Waals surface area (Å²) in [6.45, 7) is -0.570. The van der Waals surface area contributed by atoms with Gasteiger partial charge in [0.15, 0.2) is 6.61 Å². The molecule has 10 nitrogen and oxygen atoms in total. The summed E-state index contributed by atoms with van der Waals surface area (Å²) in [5.74, 6) is -1.40. The van der Waals surface area contributed by atoms with Crippen molar-refractivity contribution in [3.05, 3.63) is 85.8 Å². The van der Waals surface area contributed by atoms with Gasteiger partial charge in [-0.2, -0.15) is 0 Å². The highest BCUT2D eigenvalue weighted by Gasteiger charge is 2.34. The van der Waals surface area contributed by atoms with Crippen LogP contribution in [-0.2, 0) is 20.9 Å². The Bertz CT molecular complexity index is 1450. The third-order valence-corrected chi connectivity index (χ3v) is 6.20. The number of methoxy groups -OCH3 is 1. The number of halogens is 3. The number of urea groups is 1. The molecule has 2 heterocycles. The van der Waals surface area contributed by atoms with Gasteiger partial charge in [0.2, 0.25) is 5.76 Å². The molecule has 13 heteroatoms. The summed E-state index contributed by atoms with van der Waals surface area (Å²) < 4.78 is 16.1. The Balaban J connectivity index is 1.50. The van der Waals surface area contributed by atoms with E-state index in [9.17, 15) is 19.2 Å². The molecular weight excluding hydrogens is 605 g/mol. The first-order valence-corrected chi connectivity index (χ1v) is 12.4. The average molecular weight is 623 g/mol. The molecule has 0 radical (unpaired) electrons. The van der Waals surface area contributed by atoms with Crippen molar-refractivity contribution in [1.82, 2.24) is 10.2 Å². The van der Waals surface area contributed by atoms with Crippen molar-refractivity contribution in [2.75, 3.05) is 19.0 Å². The lowest BCUT2D eigenvalue weighted by atomic mass is 10.1. The summed E-state index contributed by atoms with van der Waals surface area (Å²) in [6.07, 6.45) is 1.38. The molecule has 0 atom stereocenters. The number of nitrogens with zero attached hydrogens (tertiary/aromatic N) is 1. The molecule has 3 aromatic rings. The first-order chi connectivity index (χ1) is 18.1. The number of nitrogens with one attached hydrogen (secondary N) is 2. The molecular formula is C25H18BrCl2N3O7. The summed E-state index contributed by atoms with van der Waals surface area (Å²) in [7, 11) is 1.21. The summed E-state index contributed by atoms with van der Waals surface area (Å²) >= 11 is 15.4. The summed E-state index contributed by atoms with van der Waals surface area (Å²) in [6, 6.07) is 11.8. The normalized spacial score (nSPS) is 14.0. The molecule has 1 fully saturated rings. The van der Waals surface area contributed by atoms with Gasteiger partial charge in [-0.05, 0) is 70.5 Å². The minimum absolute atomic E-state index is 0.0561. The number of hydrogen-bond donors (Lipinski definition) is 2. The van der Waals surface area contributed by atoms with Crippen LogP contribution < -0.4 is 15.4 Å². The number of benzene rings is 2. The maximum absolute atomic E-state index is 13.0. The van der Waals surface area contributed by atoms with E-state index in [0.29, 0.717) is 25.8 Å². The molecule has 1 saturated heterocycles. The predicted octanol–water partition coefficient (Wildman–Crippen LogP) is 5.25. The number of imide groups is 1. The molecule has 4 amide bonds. The van der Waals surface area contributed by atoms with Gasteiger partial charge in [0.25, 0.3) is 11.8 Å².